The molecule has 0 fully saturated rings. The molecule has 0 aliphatic heterocycles. The van der Waals surface area contributed by atoms with Crippen molar-refractivity contribution in [2.45, 2.75) is 6.92 Å². The standard InChI is InChI=1S/C13H11N3O2/c1-8-9-4-2-3-5-10(9)18-11(8)12(17)16-13-14-6-7-15-13/h2-7H,1H3,(H2,14,15,16,17). The van der Waals surface area contributed by atoms with Crippen LogP contribution in [0.2, 0.25) is 0 Å². The zero-order chi connectivity index (χ0) is 12.5. The topological polar surface area (TPSA) is 70.9 Å². The van der Waals surface area contributed by atoms with Crippen LogP contribution in [0.3, 0.4) is 0 Å². The second-order valence-electron chi connectivity index (χ2n) is 3.94. The lowest BCUT2D eigenvalue weighted by molar-refractivity contribution is 0.0997. The quantitative estimate of drug-likeness (QED) is 0.724. The number of furan rings is 1. The summed E-state index contributed by atoms with van der Waals surface area (Å²) in [5, 5.41) is 3.59. The minimum absolute atomic E-state index is 0.307. The molecule has 1 aromatic carbocycles. The molecule has 0 aliphatic carbocycles. The van der Waals surface area contributed by atoms with Gasteiger partial charge in [-0.1, -0.05) is 18.2 Å². The van der Waals surface area contributed by atoms with Gasteiger partial charge in [-0.05, 0) is 13.0 Å². The van der Waals surface area contributed by atoms with Crippen molar-refractivity contribution in [2.24, 2.45) is 0 Å². The summed E-state index contributed by atoms with van der Waals surface area (Å²) >= 11 is 0. The van der Waals surface area contributed by atoms with Gasteiger partial charge in [0.05, 0.1) is 0 Å². The number of nitrogens with one attached hydrogen (secondary N) is 2. The molecule has 5 heteroatoms. The highest BCUT2D eigenvalue weighted by Crippen LogP contribution is 2.25. The van der Waals surface area contributed by atoms with Gasteiger partial charge < -0.3 is 9.40 Å². The number of imidazole rings is 1. The first-order valence-corrected chi connectivity index (χ1v) is 5.54. The van der Waals surface area contributed by atoms with Crippen molar-refractivity contribution in [3.05, 3.63) is 48.0 Å². The summed E-state index contributed by atoms with van der Waals surface area (Å²) in [6.45, 7) is 1.86. The molecule has 0 radical (unpaired) electrons. The fraction of sp³-hybridized carbons (Fsp3) is 0.0769. The summed E-state index contributed by atoms with van der Waals surface area (Å²) in [5.74, 6) is 0.408. The Morgan fingerprint density at radius 3 is 2.94 bits per heavy atom. The third-order valence-electron chi connectivity index (χ3n) is 2.78. The van der Waals surface area contributed by atoms with Crippen LogP contribution in [0.25, 0.3) is 11.0 Å². The molecule has 0 aliphatic rings. The van der Waals surface area contributed by atoms with Gasteiger partial charge in [-0.25, -0.2) is 4.98 Å². The van der Waals surface area contributed by atoms with Crippen molar-refractivity contribution < 1.29 is 9.21 Å². The van der Waals surface area contributed by atoms with E-state index in [0.717, 1.165) is 10.9 Å². The molecule has 2 aromatic heterocycles. The van der Waals surface area contributed by atoms with Crippen molar-refractivity contribution >= 4 is 22.8 Å². The van der Waals surface area contributed by atoms with E-state index in [0.29, 0.717) is 17.3 Å². The third-order valence-corrected chi connectivity index (χ3v) is 2.78. The second-order valence-corrected chi connectivity index (χ2v) is 3.94. The van der Waals surface area contributed by atoms with Crippen molar-refractivity contribution in [1.82, 2.24) is 9.97 Å². The third kappa shape index (κ3) is 1.66. The monoisotopic (exact) mass is 241 g/mol. The number of amides is 1. The van der Waals surface area contributed by atoms with Gasteiger partial charge in [-0.15, -0.1) is 0 Å². The van der Waals surface area contributed by atoms with Gasteiger partial charge in [0, 0.05) is 23.3 Å². The lowest BCUT2D eigenvalue weighted by Gasteiger charge is -1.99. The molecule has 5 nitrogen and oxygen atoms in total. The molecule has 3 aromatic rings. The van der Waals surface area contributed by atoms with Crippen LogP contribution in [-0.4, -0.2) is 15.9 Å². The Kier molecular flexibility index (Phi) is 2.37. The van der Waals surface area contributed by atoms with Crippen LogP contribution in [0.1, 0.15) is 16.1 Å². The number of nitrogens with zero attached hydrogens (tertiary/aromatic N) is 1. The molecule has 18 heavy (non-hydrogen) atoms. The lowest BCUT2D eigenvalue weighted by Crippen LogP contribution is -2.13. The second kappa shape index (κ2) is 4.03. The molecule has 0 atom stereocenters. The van der Waals surface area contributed by atoms with E-state index >= 15 is 0 Å². The summed E-state index contributed by atoms with van der Waals surface area (Å²) in [4.78, 5) is 18.8. The average Bonchev–Trinajstić information content (AvgIpc) is 2.98. The maximum absolute atomic E-state index is 12.0. The Bertz CT molecular complexity index is 698. The summed E-state index contributed by atoms with van der Waals surface area (Å²) in [6, 6.07) is 7.56. The fourth-order valence-electron chi connectivity index (χ4n) is 1.89. The zero-order valence-corrected chi connectivity index (χ0v) is 9.73. The fourth-order valence-corrected chi connectivity index (χ4v) is 1.89. The first-order valence-electron chi connectivity index (χ1n) is 5.54. The Labute approximate surface area is 103 Å². The number of benzene rings is 1. The number of H-pyrrole nitrogens is 1. The molecule has 0 saturated heterocycles. The smallest absolute Gasteiger partial charge is 0.293 e. The number of carbonyl (C=O) groups excluding carboxylic acids is 1. The number of aryl methyl sites for hydroxylation is 1. The first kappa shape index (κ1) is 10.6. The number of carbonyl (C=O) groups is 1. The number of hydrogen-bond acceptors (Lipinski definition) is 3. The molecule has 3 rings (SSSR count). The van der Waals surface area contributed by atoms with Gasteiger partial charge in [0.2, 0.25) is 5.95 Å². The van der Waals surface area contributed by atoms with Crippen LogP contribution in [0.4, 0.5) is 5.95 Å². The average molecular weight is 241 g/mol. The summed E-state index contributed by atoms with van der Waals surface area (Å²) in [5.41, 5.74) is 1.54. The van der Waals surface area contributed by atoms with E-state index in [4.69, 9.17) is 4.42 Å². The number of rotatable bonds is 2. The number of fused-ring (bicyclic) bond motifs is 1. The molecule has 0 unspecified atom stereocenters. The zero-order valence-electron chi connectivity index (χ0n) is 9.73. The van der Waals surface area contributed by atoms with Gasteiger partial charge in [0.15, 0.2) is 5.76 Å². The normalized spacial score (nSPS) is 10.7. The van der Waals surface area contributed by atoms with Crippen LogP contribution < -0.4 is 5.32 Å². The van der Waals surface area contributed by atoms with Gasteiger partial charge in [-0.2, -0.15) is 0 Å². The van der Waals surface area contributed by atoms with Crippen molar-refractivity contribution in [3.8, 4) is 0 Å². The number of aromatic amines is 1. The molecule has 1 amide bonds. The van der Waals surface area contributed by atoms with Crippen LogP contribution in [-0.2, 0) is 0 Å². The summed E-state index contributed by atoms with van der Waals surface area (Å²) in [6.07, 6.45) is 3.21. The minimum Gasteiger partial charge on any atom is -0.451 e. The Balaban J connectivity index is 1.99. The largest absolute Gasteiger partial charge is 0.451 e. The van der Waals surface area contributed by atoms with Crippen LogP contribution in [0.15, 0.2) is 41.1 Å². The SMILES string of the molecule is Cc1c(C(=O)Nc2ncc[nH]2)oc2ccccc12. The highest BCUT2D eigenvalue weighted by molar-refractivity contribution is 6.05. The van der Waals surface area contributed by atoms with Crippen molar-refractivity contribution in [2.75, 3.05) is 5.32 Å². The first-order chi connectivity index (χ1) is 8.75. The maximum atomic E-state index is 12.0. The molecule has 0 bridgehead atoms. The number of aromatic nitrogens is 2. The molecule has 0 spiro atoms. The summed E-state index contributed by atoms with van der Waals surface area (Å²) in [7, 11) is 0. The van der Waals surface area contributed by atoms with Gasteiger partial charge in [0.25, 0.3) is 5.91 Å². The highest BCUT2D eigenvalue weighted by Gasteiger charge is 2.17. The molecule has 90 valence electrons. The molecule has 2 N–H and O–H groups in total. The van der Waals surface area contributed by atoms with E-state index in [2.05, 4.69) is 15.3 Å². The maximum Gasteiger partial charge on any atom is 0.293 e. The van der Waals surface area contributed by atoms with E-state index in [1.807, 2.05) is 31.2 Å². The van der Waals surface area contributed by atoms with Crippen LogP contribution >= 0.6 is 0 Å². The van der Waals surface area contributed by atoms with E-state index in [9.17, 15) is 4.79 Å². The summed E-state index contributed by atoms with van der Waals surface area (Å²) < 4.78 is 5.56. The van der Waals surface area contributed by atoms with Crippen molar-refractivity contribution in [1.29, 1.82) is 0 Å². The van der Waals surface area contributed by atoms with E-state index in [1.165, 1.54) is 0 Å². The number of anilines is 1. The van der Waals surface area contributed by atoms with Crippen LogP contribution in [0, 0.1) is 6.92 Å². The highest BCUT2D eigenvalue weighted by atomic mass is 16.3. The van der Waals surface area contributed by atoms with E-state index < -0.39 is 0 Å². The Morgan fingerprint density at radius 1 is 1.39 bits per heavy atom. The number of para-hydroxylation sites is 1. The van der Waals surface area contributed by atoms with Crippen LogP contribution in [0.5, 0.6) is 0 Å². The number of hydrogen-bond donors (Lipinski definition) is 2. The van der Waals surface area contributed by atoms with E-state index in [-0.39, 0.29) is 5.91 Å². The Morgan fingerprint density at radius 2 is 2.22 bits per heavy atom. The van der Waals surface area contributed by atoms with Crippen molar-refractivity contribution in [3.63, 3.8) is 0 Å². The Hall–Kier alpha value is -2.56. The minimum atomic E-state index is -0.307. The molecule has 0 saturated carbocycles. The lowest BCUT2D eigenvalue weighted by atomic mass is 10.1. The predicted octanol–water partition coefficient (Wildman–Crippen LogP) is 2.72. The van der Waals surface area contributed by atoms with Gasteiger partial charge in [-0.3, -0.25) is 10.1 Å². The molecule has 2 heterocycles. The predicted molar refractivity (Wildman–Crippen MR) is 67.5 cm³/mol. The molecular weight excluding hydrogens is 230 g/mol. The van der Waals surface area contributed by atoms with Gasteiger partial charge >= 0.3 is 0 Å². The molecular formula is C13H11N3O2. The van der Waals surface area contributed by atoms with Gasteiger partial charge in [0.1, 0.15) is 5.58 Å². The van der Waals surface area contributed by atoms with E-state index in [1.54, 1.807) is 12.4 Å².